The van der Waals surface area contributed by atoms with Crippen molar-refractivity contribution in [3.8, 4) is 0 Å². The minimum absolute atomic E-state index is 0.169. The van der Waals surface area contributed by atoms with Crippen LogP contribution in [0.3, 0.4) is 0 Å². The number of hydrogen-bond acceptors (Lipinski definition) is 7. The minimum atomic E-state index is -3.64. The van der Waals surface area contributed by atoms with E-state index in [4.69, 9.17) is 18.5 Å². The molecule has 2 atom stereocenters. The molecule has 1 amide bonds. The number of carbonyl (C=O) groups is 1. The average Bonchev–Trinajstić information content (AvgIpc) is 2.96. The van der Waals surface area contributed by atoms with Gasteiger partial charge in [-0.05, 0) is 54.0 Å². The number of carbonyl (C=O) groups excluding carboxylic acids is 1. The van der Waals surface area contributed by atoms with Gasteiger partial charge >= 0.3 is 13.7 Å². The molecule has 176 valence electrons. The molecular formula is C22H37N2O6P. The van der Waals surface area contributed by atoms with Crippen LogP contribution in [0.15, 0.2) is 30.3 Å². The van der Waals surface area contributed by atoms with Crippen molar-refractivity contribution in [2.75, 3.05) is 19.8 Å². The molecule has 1 fully saturated rings. The minimum Gasteiger partial charge on any atom is -0.444 e. The predicted octanol–water partition coefficient (Wildman–Crippen LogP) is 4.74. The zero-order valence-corrected chi connectivity index (χ0v) is 20.6. The van der Waals surface area contributed by atoms with E-state index in [1.165, 1.54) is 4.90 Å². The van der Waals surface area contributed by atoms with E-state index < -0.39 is 36.8 Å². The second kappa shape index (κ2) is 10.5. The molecule has 1 saturated heterocycles. The van der Waals surface area contributed by atoms with Crippen molar-refractivity contribution in [1.82, 2.24) is 10.2 Å². The third-order valence-electron chi connectivity index (χ3n) is 4.79. The quantitative estimate of drug-likeness (QED) is 0.537. The van der Waals surface area contributed by atoms with Crippen molar-refractivity contribution in [3.05, 3.63) is 35.9 Å². The largest absolute Gasteiger partial charge is 0.444 e. The fourth-order valence-electron chi connectivity index (χ4n) is 3.57. The van der Waals surface area contributed by atoms with Gasteiger partial charge in [0.25, 0.3) is 0 Å². The summed E-state index contributed by atoms with van der Waals surface area (Å²) in [5, 5.41) is 3.33. The van der Waals surface area contributed by atoms with Gasteiger partial charge in [-0.3, -0.25) is 14.8 Å². The van der Waals surface area contributed by atoms with Crippen LogP contribution in [-0.4, -0.2) is 54.0 Å². The van der Waals surface area contributed by atoms with Gasteiger partial charge in [0, 0.05) is 6.54 Å². The highest BCUT2D eigenvalue weighted by molar-refractivity contribution is 7.54. The van der Waals surface area contributed by atoms with E-state index in [0.29, 0.717) is 6.54 Å². The first-order valence-electron chi connectivity index (χ1n) is 10.8. The summed E-state index contributed by atoms with van der Waals surface area (Å²) in [6, 6.07) is 9.13. The van der Waals surface area contributed by atoms with Gasteiger partial charge in [-0.2, -0.15) is 0 Å². The molecule has 31 heavy (non-hydrogen) atoms. The van der Waals surface area contributed by atoms with E-state index in [1.807, 2.05) is 30.3 Å². The number of hydrogen-bond donors (Lipinski definition) is 1. The Balaban J connectivity index is 2.41. The molecule has 2 rings (SSSR count). The molecule has 0 bridgehead atoms. The van der Waals surface area contributed by atoms with Gasteiger partial charge in [0.2, 0.25) is 0 Å². The Morgan fingerprint density at radius 3 is 2.32 bits per heavy atom. The zero-order chi connectivity index (χ0) is 23.3. The number of ether oxygens (including phenoxy) is 2. The molecule has 0 saturated carbocycles. The SMILES string of the molecule is CCOP(=O)(OCC)[C@H](NCc1ccccc1)[C@@H]1COC(C)(C)N1C(=O)OC(C)(C)C. The summed E-state index contributed by atoms with van der Waals surface area (Å²) in [5.74, 6) is -0.804. The molecule has 1 N–H and O–H groups in total. The highest BCUT2D eigenvalue weighted by atomic mass is 31.2. The molecule has 0 radical (unpaired) electrons. The average molecular weight is 457 g/mol. The Hall–Kier alpha value is -1.44. The van der Waals surface area contributed by atoms with Crippen LogP contribution in [0.25, 0.3) is 0 Å². The molecule has 9 heteroatoms. The fourth-order valence-corrected chi connectivity index (χ4v) is 5.64. The lowest BCUT2D eigenvalue weighted by molar-refractivity contribution is -0.0630. The normalized spacial score (nSPS) is 20.0. The summed E-state index contributed by atoms with van der Waals surface area (Å²) < 4.78 is 36.8. The molecule has 1 aliphatic rings. The molecule has 8 nitrogen and oxygen atoms in total. The van der Waals surface area contributed by atoms with Crippen LogP contribution in [0.1, 0.15) is 54.0 Å². The Bertz CT molecular complexity index is 755. The monoisotopic (exact) mass is 456 g/mol. The maximum atomic E-state index is 13.8. The lowest BCUT2D eigenvalue weighted by Gasteiger charge is -2.39. The molecule has 0 spiro atoms. The molecular weight excluding hydrogens is 419 g/mol. The third-order valence-corrected chi connectivity index (χ3v) is 7.23. The third kappa shape index (κ3) is 6.77. The topological polar surface area (TPSA) is 86.3 Å². The van der Waals surface area contributed by atoms with Crippen molar-refractivity contribution in [3.63, 3.8) is 0 Å². The van der Waals surface area contributed by atoms with Gasteiger partial charge < -0.3 is 18.5 Å². The number of amides is 1. The fraction of sp³-hybridized carbons (Fsp3) is 0.682. The van der Waals surface area contributed by atoms with E-state index in [2.05, 4.69) is 5.32 Å². The first kappa shape index (κ1) is 25.8. The van der Waals surface area contributed by atoms with Crippen LogP contribution in [0.4, 0.5) is 4.79 Å². The molecule has 1 heterocycles. The molecule has 0 unspecified atom stereocenters. The summed E-state index contributed by atoms with van der Waals surface area (Å²) in [6.45, 7) is 13.5. The van der Waals surface area contributed by atoms with Crippen LogP contribution in [0.2, 0.25) is 0 Å². The summed E-state index contributed by atoms with van der Waals surface area (Å²) in [4.78, 5) is 14.6. The van der Waals surface area contributed by atoms with Gasteiger partial charge in [0.15, 0.2) is 0 Å². The van der Waals surface area contributed by atoms with Crippen molar-refractivity contribution in [2.24, 2.45) is 0 Å². The number of nitrogens with zero attached hydrogens (tertiary/aromatic N) is 1. The highest BCUT2D eigenvalue weighted by Crippen LogP contribution is 2.55. The lowest BCUT2D eigenvalue weighted by Crippen LogP contribution is -2.56. The van der Waals surface area contributed by atoms with Gasteiger partial charge in [-0.15, -0.1) is 0 Å². The first-order chi connectivity index (χ1) is 14.4. The molecule has 0 aliphatic carbocycles. The summed E-state index contributed by atoms with van der Waals surface area (Å²) in [5.41, 5.74) is -0.617. The smallest absolute Gasteiger partial charge is 0.412 e. The predicted molar refractivity (Wildman–Crippen MR) is 120 cm³/mol. The molecule has 1 aromatic carbocycles. The summed E-state index contributed by atoms with van der Waals surface area (Å²) >= 11 is 0. The molecule has 1 aliphatic heterocycles. The van der Waals surface area contributed by atoms with E-state index >= 15 is 0 Å². The Morgan fingerprint density at radius 1 is 1.23 bits per heavy atom. The van der Waals surface area contributed by atoms with E-state index in [-0.39, 0.29) is 19.8 Å². The van der Waals surface area contributed by atoms with Crippen molar-refractivity contribution >= 4 is 13.7 Å². The second-order valence-corrected chi connectivity index (χ2v) is 11.0. The number of rotatable bonds is 9. The van der Waals surface area contributed by atoms with Crippen LogP contribution < -0.4 is 5.32 Å². The van der Waals surface area contributed by atoms with Crippen molar-refractivity contribution in [1.29, 1.82) is 0 Å². The Labute approximate surface area is 186 Å². The lowest BCUT2D eigenvalue weighted by atomic mass is 10.2. The van der Waals surface area contributed by atoms with Crippen LogP contribution in [-0.2, 0) is 29.6 Å². The zero-order valence-electron chi connectivity index (χ0n) is 19.7. The highest BCUT2D eigenvalue weighted by Gasteiger charge is 2.54. The number of nitrogens with one attached hydrogen (secondary N) is 1. The molecule has 0 aromatic heterocycles. The molecule has 1 aromatic rings. The summed E-state index contributed by atoms with van der Waals surface area (Å²) in [6.07, 6.45) is -0.536. The van der Waals surface area contributed by atoms with Crippen molar-refractivity contribution < 1.29 is 27.9 Å². The van der Waals surface area contributed by atoms with E-state index in [9.17, 15) is 9.36 Å². The van der Waals surface area contributed by atoms with Gasteiger partial charge in [-0.1, -0.05) is 30.3 Å². The van der Waals surface area contributed by atoms with Gasteiger partial charge in [-0.25, -0.2) is 4.79 Å². The maximum absolute atomic E-state index is 13.8. The Morgan fingerprint density at radius 2 is 1.81 bits per heavy atom. The summed E-state index contributed by atoms with van der Waals surface area (Å²) in [7, 11) is -3.64. The standard InChI is InChI=1S/C22H37N2O6P/c1-8-28-31(26,29-9-2)19(23-15-17-13-11-10-12-14-17)18-16-27-22(6,7)24(18)20(25)30-21(3,4)5/h10-14,18-19,23H,8-9,15-16H2,1-7H3/t18-,19-/m0/s1. The Kier molecular flexibility index (Phi) is 8.70. The van der Waals surface area contributed by atoms with Crippen LogP contribution in [0, 0.1) is 0 Å². The maximum Gasteiger partial charge on any atom is 0.412 e. The van der Waals surface area contributed by atoms with Crippen LogP contribution in [0.5, 0.6) is 0 Å². The van der Waals surface area contributed by atoms with E-state index in [0.717, 1.165) is 5.56 Å². The van der Waals surface area contributed by atoms with E-state index in [1.54, 1.807) is 48.5 Å². The van der Waals surface area contributed by atoms with Crippen molar-refractivity contribution in [2.45, 2.75) is 78.2 Å². The number of benzene rings is 1. The van der Waals surface area contributed by atoms with Crippen LogP contribution >= 0.6 is 7.60 Å². The second-order valence-electron chi connectivity index (χ2n) is 8.86. The van der Waals surface area contributed by atoms with Gasteiger partial charge in [0.1, 0.15) is 17.1 Å². The van der Waals surface area contributed by atoms with Gasteiger partial charge in [0.05, 0.1) is 25.9 Å². The first-order valence-corrected chi connectivity index (χ1v) is 12.4.